The number of rotatable bonds is 7. The van der Waals surface area contributed by atoms with E-state index in [9.17, 15) is 0 Å². The zero-order chi connectivity index (χ0) is 9.68. The van der Waals surface area contributed by atoms with Crippen LogP contribution in [0.2, 0.25) is 0 Å². The Morgan fingerprint density at radius 2 is 1.92 bits per heavy atom. The molecule has 1 nitrogen and oxygen atoms in total. The topological polar surface area (TPSA) is 12.0 Å². The Hall–Kier alpha value is -0.0400. The molecule has 78 valence electrons. The molecule has 0 aromatic carbocycles. The molecule has 2 atom stereocenters. The predicted octanol–water partition coefficient (Wildman–Crippen LogP) is 3.20. The van der Waals surface area contributed by atoms with E-state index >= 15 is 0 Å². The van der Waals surface area contributed by atoms with Crippen LogP contribution in [0.3, 0.4) is 0 Å². The molecule has 2 unspecified atom stereocenters. The maximum atomic E-state index is 3.72. The third kappa shape index (κ3) is 3.68. The highest BCUT2D eigenvalue weighted by Crippen LogP contribution is 2.36. The van der Waals surface area contributed by atoms with Crippen LogP contribution in [0.5, 0.6) is 0 Å². The van der Waals surface area contributed by atoms with Crippen molar-refractivity contribution in [2.75, 3.05) is 6.54 Å². The summed E-state index contributed by atoms with van der Waals surface area (Å²) in [5.41, 5.74) is 0. The molecule has 0 aromatic rings. The maximum absolute atomic E-state index is 3.72. The third-order valence-corrected chi connectivity index (χ3v) is 3.12. The van der Waals surface area contributed by atoms with E-state index in [2.05, 4.69) is 26.1 Å². The van der Waals surface area contributed by atoms with Crippen LogP contribution in [0, 0.1) is 11.8 Å². The second-order valence-electron chi connectivity index (χ2n) is 4.58. The lowest BCUT2D eigenvalue weighted by Crippen LogP contribution is -2.37. The van der Waals surface area contributed by atoms with Crippen LogP contribution in [0.4, 0.5) is 0 Å². The first kappa shape index (κ1) is 11.0. The van der Waals surface area contributed by atoms with Crippen LogP contribution < -0.4 is 5.32 Å². The molecule has 1 N–H and O–H groups in total. The van der Waals surface area contributed by atoms with Gasteiger partial charge in [-0.3, -0.25) is 0 Å². The number of hydrogen-bond acceptors (Lipinski definition) is 1. The van der Waals surface area contributed by atoms with E-state index in [1.807, 2.05) is 0 Å². The Balaban J connectivity index is 2.27. The van der Waals surface area contributed by atoms with Crippen LogP contribution in [-0.2, 0) is 0 Å². The normalized spacial score (nSPS) is 21.5. The molecule has 1 heteroatoms. The third-order valence-electron chi connectivity index (χ3n) is 3.12. The second-order valence-corrected chi connectivity index (χ2v) is 4.58. The van der Waals surface area contributed by atoms with Crippen molar-refractivity contribution < 1.29 is 0 Å². The van der Waals surface area contributed by atoms with Crippen molar-refractivity contribution in [3.8, 4) is 0 Å². The lowest BCUT2D eigenvalue weighted by atomic mass is 9.93. The largest absolute Gasteiger partial charge is 0.313 e. The smallest absolute Gasteiger partial charge is 0.0121 e. The molecule has 0 heterocycles. The fraction of sp³-hybridized carbons (Fsp3) is 1.00. The SMILES string of the molecule is CCCNC(C(C)CCC)C1CC1. The molecule has 1 aliphatic rings. The van der Waals surface area contributed by atoms with Crippen molar-refractivity contribution >= 4 is 0 Å². The lowest BCUT2D eigenvalue weighted by molar-refractivity contribution is 0.323. The van der Waals surface area contributed by atoms with E-state index in [0.717, 1.165) is 17.9 Å². The summed E-state index contributed by atoms with van der Waals surface area (Å²) in [6.07, 6.45) is 6.92. The monoisotopic (exact) mass is 183 g/mol. The number of nitrogens with one attached hydrogen (secondary N) is 1. The molecule has 0 radical (unpaired) electrons. The van der Waals surface area contributed by atoms with Crippen molar-refractivity contribution in [3.63, 3.8) is 0 Å². The first-order valence-corrected chi connectivity index (χ1v) is 6.03. The minimum absolute atomic E-state index is 0.819. The summed E-state index contributed by atoms with van der Waals surface area (Å²) in [7, 11) is 0. The van der Waals surface area contributed by atoms with Gasteiger partial charge < -0.3 is 5.32 Å². The van der Waals surface area contributed by atoms with Crippen molar-refractivity contribution in [1.82, 2.24) is 5.32 Å². The van der Waals surface area contributed by atoms with Gasteiger partial charge in [0.2, 0.25) is 0 Å². The van der Waals surface area contributed by atoms with Gasteiger partial charge in [-0.15, -0.1) is 0 Å². The average molecular weight is 183 g/mol. The molecule has 0 bridgehead atoms. The molecule has 0 saturated heterocycles. The molecule has 1 rings (SSSR count). The molecule has 0 spiro atoms. The fourth-order valence-electron chi connectivity index (χ4n) is 2.23. The first-order chi connectivity index (χ1) is 6.29. The van der Waals surface area contributed by atoms with Gasteiger partial charge in [0.1, 0.15) is 0 Å². The maximum Gasteiger partial charge on any atom is 0.0121 e. The van der Waals surface area contributed by atoms with Gasteiger partial charge in [-0.1, -0.05) is 27.2 Å². The van der Waals surface area contributed by atoms with Gasteiger partial charge in [-0.2, -0.15) is 0 Å². The highest BCUT2D eigenvalue weighted by molar-refractivity contribution is 4.89. The van der Waals surface area contributed by atoms with E-state index < -0.39 is 0 Å². The van der Waals surface area contributed by atoms with Crippen LogP contribution in [0.25, 0.3) is 0 Å². The van der Waals surface area contributed by atoms with Gasteiger partial charge in [-0.05, 0) is 44.1 Å². The van der Waals surface area contributed by atoms with Crippen LogP contribution >= 0.6 is 0 Å². The predicted molar refractivity (Wildman–Crippen MR) is 58.9 cm³/mol. The van der Waals surface area contributed by atoms with Gasteiger partial charge >= 0.3 is 0 Å². The van der Waals surface area contributed by atoms with E-state index in [-0.39, 0.29) is 0 Å². The van der Waals surface area contributed by atoms with E-state index in [4.69, 9.17) is 0 Å². The van der Waals surface area contributed by atoms with Gasteiger partial charge in [0.25, 0.3) is 0 Å². The summed E-state index contributed by atoms with van der Waals surface area (Å²) in [4.78, 5) is 0. The van der Waals surface area contributed by atoms with Gasteiger partial charge in [0.15, 0.2) is 0 Å². The molecular weight excluding hydrogens is 158 g/mol. The van der Waals surface area contributed by atoms with E-state index in [0.29, 0.717) is 0 Å². The highest BCUT2D eigenvalue weighted by atomic mass is 14.9. The molecule has 0 aromatic heterocycles. The van der Waals surface area contributed by atoms with Gasteiger partial charge in [0.05, 0.1) is 0 Å². The Bertz CT molecular complexity index is 129. The first-order valence-electron chi connectivity index (χ1n) is 6.03. The standard InChI is InChI=1S/C12H25N/c1-4-6-10(3)12(11-7-8-11)13-9-5-2/h10-13H,4-9H2,1-3H3. The Morgan fingerprint density at radius 3 is 2.38 bits per heavy atom. The summed E-state index contributed by atoms with van der Waals surface area (Å²) in [5.74, 6) is 1.89. The molecule has 1 aliphatic carbocycles. The second kappa shape index (κ2) is 5.64. The molecule has 13 heavy (non-hydrogen) atoms. The molecular formula is C12H25N. The van der Waals surface area contributed by atoms with Crippen LogP contribution in [0.1, 0.15) is 52.9 Å². The summed E-state index contributed by atoms with van der Waals surface area (Å²) in [5, 5.41) is 3.72. The highest BCUT2D eigenvalue weighted by Gasteiger charge is 2.33. The molecule has 1 fully saturated rings. The molecule has 1 saturated carbocycles. The fourth-order valence-corrected chi connectivity index (χ4v) is 2.23. The summed E-state index contributed by atoms with van der Waals surface area (Å²) < 4.78 is 0. The van der Waals surface area contributed by atoms with Crippen molar-refractivity contribution in [2.45, 2.75) is 58.9 Å². The lowest BCUT2D eigenvalue weighted by Gasteiger charge is -2.24. The minimum Gasteiger partial charge on any atom is -0.313 e. The van der Waals surface area contributed by atoms with Crippen LogP contribution in [0.15, 0.2) is 0 Å². The van der Waals surface area contributed by atoms with E-state index in [1.165, 1.54) is 38.6 Å². The Kier molecular flexibility index (Phi) is 4.79. The zero-order valence-corrected chi connectivity index (χ0v) is 9.47. The quantitative estimate of drug-likeness (QED) is 0.639. The Labute approximate surface area is 83.3 Å². The minimum atomic E-state index is 0.819. The van der Waals surface area contributed by atoms with Gasteiger partial charge in [-0.25, -0.2) is 0 Å². The summed E-state index contributed by atoms with van der Waals surface area (Å²) in [6.45, 7) is 8.16. The number of hydrogen-bond donors (Lipinski definition) is 1. The zero-order valence-electron chi connectivity index (χ0n) is 9.47. The van der Waals surface area contributed by atoms with Crippen LogP contribution in [-0.4, -0.2) is 12.6 Å². The van der Waals surface area contributed by atoms with Gasteiger partial charge in [0, 0.05) is 6.04 Å². The Morgan fingerprint density at radius 1 is 1.23 bits per heavy atom. The van der Waals surface area contributed by atoms with E-state index in [1.54, 1.807) is 0 Å². The summed E-state index contributed by atoms with van der Waals surface area (Å²) in [6, 6.07) is 0.819. The summed E-state index contributed by atoms with van der Waals surface area (Å²) >= 11 is 0. The molecule has 0 amide bonds. The molecule has 0 aliphatic heterocycles. The average Bonchev–Trinajstić information content (AvgIpc) is 2.89. The van der Waals surface area contributed by atoms with Crippen molar-refractivity contribution in [2.24, 2.45) is 11.8 Å². The van der Waals surface area contributed by atoms with Crippen molar-refractivity contribution in [3.05, 3.63) is 0 Å². The van der Waals surface area contributed by atoms with Crippen molar-refractivity contribution in [1.29, 1.82) is 0 Å².